The number of hydrogen-bond donors (Lipinski definition) is 0. The van der Waals surface area contributed by atoms with Gasteiger partial charge >= 0.3 is 5.97 Å². The fraction of sp³-hybridized carbons (Fsp3) is 0.308. The summed E-state index contributed by atoms with van der Waals surface area (Å²) < 4.78 is 11.8. The van der Waals surface area contributed by atoms with Crippen LogP contribution in [0.3, 0.4) is 0 Å². The van der Waals surface area contributed by atoms with Crippen molar-refractivity contribution >= 4 is 16.9 Å². The van der Waals surface area contributed by atoms with Crippen LogP contribution in [0.4, 0.5) is 0 Å². The number of aromatic nitrogens is 1. The molecule has 0 bridgehead atoms. The van der Waals surface area contributed by atoms with Gasteiger partial charge in [-0.05, 0) is 24.6 Å². The topological polar surface area (TPSA) is 40.5 Å². The monoisotopic (exact) mass is 233 g/mol. The largest absolute Gasteiger partial charge is 0.497 e. The maximum Gasteiger partial charge on any atom is 0.354 e. The first-order valence-corrected chi connectivity index (χ1v) is 5.31. The van der Waals surface area contributed by atoms with E-state index in [1.807, 2.05) is 36.7 Å². The van der Waals surface area contributed by atoms with E-state index < -0.39 is 0 Å². The zero-order valence-corrected chi connectivity index (χ0v) is 10.4. The molecule has 1 aromatic carbocycles. The zero-order chi connectivity index (χ0) is 12.6. The quantitative estimate of drug-likeness (QED) is 0.747. The molecule has 4 nitrogen and oxygen atoms in total. The summed E-state index contributed by atoms with van der Waals surface area (Å²) in [5.41, 5.74) is 2.47. The van der Waals surface area contributed by atoms with Crippen molar-refractivity contribution in [3.63, 3.8) is 0 Å². The number of fused-ring (bicyclic) bond motifs is 1. The lowest BCUT2D eigenvalue weighted by Gasteiger charge is -2.03. The molecule has 0 spiro atoms. The summed E-state index contributed by atoms with van der Waals surface area (Å²) in [6.07, 6.45) is 0. The van der Waals surface area contributed by atoms with Gasteiger partial charge < -0.3 is 14.0 Å². The molecule has 0 saturated carbocycles. The molecule has 0 N–H and O–H groups in total. The summed E-state index contributed by atoms with van der Waals surface area (Å²) in [5, 5.41) is 1.04. The van der Waals surface area contributed by atoms with Crippen LogP contribution in [0.25, 0.3) is 10.9 Å². The van der Waals surface area contributed by atoms with E-state index in [-0.39, 0.29) is 5.97 Å². The maximum atomic E-state index is 11.7. The van der Waals surface area contributed by atoms with Crippen LogP contribution in [0.15, 0.2) is 18.2 Å². The zero-order valence-electron chi connectivity index (χ0n) is 10.4. The van der Waals surface area contributed by atoms with Gasteiger partial charge in [-0.15, -0.1) is 0 Å². The minimum atomic E-state index is -0.319. The molecule has 0 saturated heterocycles. The standard InChI is InChI=1S/C13H15NO3/c1-8-10-6-5-9(16-3)7-11(10)14(2)12(8)13(15)17-4/h5-7H,1-4H3. The normalized spacial score (nSPS) is 10.6. The van der Waals surface area contributed by atoms with Crippen molar-refractivity contribution in [3.05, 3.63) is 29.5 Å². The van der Waals surface area contributed by atoms with Crippen molar-refractivity contribution < 1.29 is 14.3 Å². The first-order valence-electron chi connectivity index (χ1n) is 5.31. The number of carbonyl (C=O) groups is 1. The Labute approximate surface area is 99.7 Å². The smallest absolute Gasteiger partial charge is 0.354 e. The van der Waals surface area contributed by atoms with E-state index in [1.54, 1.807) is 7.11 Å². The second-order valence-electron chi connectivity index (χ2n) is 3.91. The summed E-state index contributed by atoms with van der Waals surface area (Å²) in [7, 11) is 4.86. The molecule has 17 heavy (non-hydrogen) atoms. The molecule has 0 radical (unpaired) electrons. The first kappa shape index (κ1) is 11.5. The van der Waals surface area contributed by atoms with E-state index in [0.717, 1.165) is 22.2 Å². The molecule has 0 amide bonds. The van der Waals surface area contributed by atoms with Crippen molar-refractivity contribution in [1.82, 2.24) is 4.57 Å². The summed E-state index contributed by atoms with van der Waals surface area (Å²) in [5.74, 6) is 0.453. The molecule has 0 atom stereocenters. The second-order valence-corrected chi connectivity index (χ2v) is 3.91. The van der Waals surface area contributed by atoms with Crippen LogP contribution >= 0.6 is 0 Å². The summed E-state index contributed by atoms with van der Waals surface area (Å²) >= 11 is 0. The Morgan fingerprint density at radius 1 is 1.29 bits per heavy atom. The summed E-state index contributed by atoms with van der Waals surface area (Å²) in [4.78, 5) is 11.7. The molecular formula is C13H15NO3. The molecule has 1 aromatic heterocycles. The Hall–Kier alpha value is -1.97. The van der Waals surface area contributed by atoms with E-state index in [2.05, 4.69) is 0 Å². The highest BCUT2D eigenvalue weighted by Crippen LogP contribution is 2.28. The lowest BCUT2D eigenvalue weighted by atomic mass is 10.1. The van der Waals surface area contributed by atoms with Crippen LogP contribution in [0, 0.1) is 6.92 Å². The number of carbonyl (C=O) groups excluding carboxylic acids is 1. The molecule has 2 aromatic rings. The predicted molar refractivity (Wildman–Crippen MR) is 65.5 cm³/mol. The van der Waals surface area contributed by atoms with Crippen LogP contribution in [0.5, 0.6) is 5.75 Å². The number of rotatable bonds is 2. The number of ether oxygens (including phenoxy) is 2. The lowest BCUT2D eigenvalue weighted by molar-refractivity contribution is 0.0589. The van der Waals surface area contributed by atoms with E-state index in [1.165, 1.54) is 7.11 Å². The van der Waals surface area contributed by atoms with Crippen molar-refractivity contribution in [2.24, 2.45) is 7.05 Å². The van der Waals surface area contributed by atoms with Crippen LogP contribution in [0.1, 0.15) is 16.1 Å². The average molecular weight is 233 g/mol. The van der Waals surface area contributed by atoms with Crippen LogP contribution in [-0.4, -0.2) is 24.8 Å². The Morgan fingerprint density at radius 3 is 2.59 bits per heavy atom. The Bertz CT molecular complexity index is 584. The first-order chi connectivity index (χ1) is 8.10. The van der Waals surface area contributed by atoms with Gasteiger partial charge in [0.2, 0.25) is 0 Å². The SMILES string of the molecule is COC(=O)c1c(C)c2ccc(OC)cc2n1C. The molecule has 0 unspecified atom stereocenters. The van der Waals surface area contributed by atoms with E-state index in [9.17, 15) is 4.79 Å². The second kappa shape index (κ2) is 4.13. The van der Waals surface area contributed by atoms with Gasteiger partial charge in [0.05, 0.1) is 19.7 Å². The third-order valence-corrected chi connectivity index (χ3v) is 3.04. The molecule has 0 aliphatic heterocycles. The van der Waals surface area contributed by atoms with E-state index >= 15 is 0 Å². The molecule has 0 fully saturated rings. The third kappa shape index (κ3) is 1.65. The highest BCUT2D eigenvalue weighted by Gasteiger charge is 2.18. The number of methoxy groups -OCH3 is 2. The van der Waals surface area contributed by atoms with Gasteiger partial charge in [0.15, 0.2) is 0 Å². The minimum absolute atomic E-state index is 0.319. The predicted octanol–water partition coefficient (Wildman–Crippen LogP) is 2.28. The van der Waals surface area contributed by atoms with Gasteiger partial charge in [0.1, 0.15) is 11.4 Å². The average Bonchev–Trinajstić information content (AvgIpc) is 2.60. The minimum Gasteiger partial charge on any atom is -0.497 e. The highest BCUT2D eigenvalue weighted by molar-refractivity contribution is 5.99. The number of hydrogen-bond acceptors (Lipinski definition) is 3. The highest BCUT2D eigenvalue weighted by atomic mass is 16.5. The van der Waals surface area contributed by atoms with E-state index in [4.69, 9.17) is 9.47 Å². The van der Waals surface area contributed by atoms with Crippen molar-refractivity contribution in [3.8, 4) is 5.75 Å². The summed E-state index contributed by atoms with van der Waals surface area (Å²) in [6, 6.07) is 5.75. The molecule has 1 heterocycles. The molecule has 0 aliphatic carbocycles. The van der Waals surface area contributed by atoms with Gasteiger partial charge in [0.25, 0.3) is 0 Å². The molecular weight excluding hydrogens is 218 g/mol. The van der Waals surface area contributed by atoms with Crippen molar-refractivity contribution in [2.45, 2.75) is 6.92 Å². The molecule has 4 heteroatoms. The Morgan fingerprint density at radius 2 is 2.00 bits per heavy atom. The Balaban J connectivity index is 2.75. The molecule has 0 aliphatic rings. The van der Waals surface area contributed by atoms with Crippen LogP contribution in [-0.2, 0) is 11.8 Å². The molecule has 90 valence electrons. The van der Waals surface area contributed by atoms with Gasteiger partial charge in [-0.3, -0.25) is 0 Å². The fourth-order valence-electron chi connectivity index (χ4n) is 2.12. The van der Waals surface area contributed by atoms with Crippen LogP contribution < -0.4 is 4.74 Å². The number of nitrogens with zero attached hydrogens (tertiary/aromatic N) is 1. The van der Waals surface area contributed by atoms with Gasteiger partial charge in [-0.2, -0.15) is 0 Å². The number of benzene rings is 1. The van der Waals surface area contributed by atoms with Crippen molar-refractivity contribution in [2.75, 3.05) is 14.2 Å². The van der Waals surface area contributed by atoms with Gasteiger partial charge in [0, 0.05) is 18.5 Å². The fourth-order valence-corrected chi connectivity index (χ4v) is 2.12. The number of esters is 1. The van der Waals surface area contributed by atoms with Gasteiger partial charge in [-0.1, -0.05) is 0 Å². The van der Waals surface area contributed by atoms with Crippen molar-refractivity contribution in [1.29, 1.82) is 0 Å². The summed E-state index contributed by atoms with van der Waals surface area (Å²) in [6.45, 7) is 1.92. The Kier molecular flexibility index (Phi) is 2.79. The van der Waals surface area contributed by atoms with Gasteiger partial charge in [-0.25, -0.2) is 4.79 Å². The molecule has 2 rings (SSSR count). The number of aryl methyl sites for hydroxylation is 2. The maximum absolute atomic E-state index is 11.7. The van der Waals surface area contributed by atoms with E-state index in [0.29, 0.717) is 5.69 Å². The van der Waals surface area contributed by atoms with Crippen LogP contribution in [0.2, 0.25) is 0 Å². The third-order valence-electron chi connectivity index (χ3n) is 3.04. The lowest BCUT2D eigenvalue weighted by Crippen LogP contribution is -2.08.